The Morgan fingerprint density at radius 1 is 1.17 bits per heavy atom. The SMILES string of the molecule is COCC1(C(=O)O)CCCN(C(=O)c2cccc(OCc3cccc(C)c3)c2)C1. The van der Waals surface area contributed by atoms with Crippen LogP contribution in [0.5, 0.6) is 5.75 Å². The smallest absolute Gasteiger partial charge is 0.313 e. The van der Waals surface area contributed by atoms with Crippen molar-refractivity contribution in [1.82, 2.24) is 4.90 Å². The van der Waals surface area contributed by atoms with Crippen LogP contribution in [0.3, 0.4) is 0 Å². The maximum absolute atomic E-state index is 13.0. The number of hydrogen-bond acceptors (Lipinski definition) is 4. The van der Waals surface area contributed by atoms with E-state index in [1.807, 2.05) is 31.2 Å². The number of rotatable bonds is 7. The zero-order valence-electron chi connectivity index (χ0n) is 16.9. The van der Waals surface area contributed by atoms with Crippen molar-refractivity contribution in [2.75, 3.05) is 26.8 Å². The Balaban J connectivity index is 1.70. The molecule has 6 nitrogen and oxygen atoms in total. The molecule has 6 heteroatoms. The number of benzene rings is 2. The zero-order chi connectivity index (χ0) is 20.9. The van der Waals surface area contributed by atoms with Gasteiger partial charge in [-0.3, -0.25) is 9.59 Å². The normalized spacial score (nSPS) is 19.0. The standard InChI is InChI=1S/C23H27NO5/c1-17-6-3-7-18(12-17)14-29-20-9-4-8-19(13-20)21(25)24-11-5-10-23(15-24,16-28-2)22(26)27/h3-4,6-9,12-13H,5,10-11,14-16H2,1-2H3,(H,26,27). The minimum atomic E-state index is -1.05. The average Bonchev–Trinajstić information content (AvgIpc) is 2.72. The Bertz CT molecular complexity index is 877. The second-order valence-electron chi connectivity index (χ2n) is 7.65. The van der Waals surface area contributed by atoms with E-state index in [0.29, 0.717) is 37.3 Å². The van der Waals surface area contributed by atoms with Gasteiger partial charge in [-0.1, -0.05) is 35.9 Å². The zero-order valence-corrected chi connectivity index (χ0v) is 16.9. The second-order valence-corrected chi connectivity index (χ2v) is 7.65. The van der Waals surface area contributed by atoms with Crippen molar-refractivity contribution in [3.8, 4) is 5.75 Å². The summed E-state index contributed by atoms with van der Waals surface area (Å²) < 4.78 is 11.0. The molecule has 1 fully saturated rings. The van der Waals surface area contributed by atoms with E-state index in [9.17, 15) is 14.7 Å². The number of methoxy groups -OCH3 is 1. The Morgan fingerprint density at radius 2 is 1.97 bits per heavy atom. The van der Waals surface area contributed by atoms with Gasteiger partial charge >= 0.3 is 5.97 Å². The summed E-state index contributed by atoms with van der Waals surface area (Å²) in [6.45, 7) is 3.21. The minimum Gasteiger partial charge on any atom is -0.489 e. The molecular weight excluding hydrogens is 370 g/mol. The summed E-state index contributed by atoms with van der Waals surface area (Å²) in [6, 6.07) is 15.1. The van der Waals surface area contributed by atoms with Crippen LogP contribution in [0.25, 0.3) is 0 Å². The number of aliphatic carboxylic acids is 1. The van der Waals surface area contributed by atoms with Gasteiger partial charge in [0.05, 0.1) is 6.61 Å². The van der Waals surface area contributed by atoms with E-state index in [-0.39, 0.29) is 19.1 Å². The third kappa shape index (κ3) is 4.95. The number of carbonyl (C=O) groups excluding carboxylic acids is 1. The van der Waals surface area contributed by atoms with E-state index < -0.39 is 11.4 Å². The molecule has 0 bridgehead atoms. The second kappa shape index (κ2) is 9.09. The van der Waals surface area contributed by atoms with Gasteiger partial charge in [-0.15, -0.1) is 0 Å². The van der Waals surface area contributed by atoms with Crippen molar-refractivity contribution in [3.63, 3.8) is 0 Å². The molecule has 29 heavy (non-hydrogen) atoms. The number of piperidine rings is 1. The fourth-order valence-corrected chi connectivity index (χ4v) is 3.81. The summed E-state index contributed by atoms with van der Waals surface area (Å²) in [4.78, 5) is 26.5. The summed E-state index contributed by atoms with van der Waals surface area (Å²) in [5, 5.41) is 9.69. The maximum atomic E-state index is 13.0. The van der Waals surface area contributed by atoms with Gasteiger partial charge in [0, 0.05) is 25.8 Å². The molecule has 0 saturated carbocycles. The average molecular weight is 397 g/mol. The van der Waals surface area contributed by atoms with Crippen molar-refractivity contribution in [3.05, 3.63) is 65.2 Å². The molecule has 1 heterocycles. The molecule has 2 aromatic rings. The summed E-state index contributed by atoms with van der Waals surface area (Å²) in [5.74, 6) is -0.504. The van der Waals surface area contributed by atoms with Crippen LogP contribution in [0.2, 0.25) is 0 Å². The molecular formula is C23H27NO5. The lowest BCUT2D eigenvalue weighted by atomic mass is 9.80. The molecule has 3 rings (SSSR count). The van der Waals surface area contributed by atoms with Crippen LogP contribution in [-0.2, 0) is 16.1 Å². The Kier molecular flexibility index (Phi) is 6.54. The first-order valence-corrected chi connectivity index (χ1v) is 9.73. The Labute approximate surface area is 171 Å². The van der Waals surface area contributed by atoms with E-state index in [4.69, 9.17) is 9.47 Å². The lowest BCUT2D eigenvalue weighted by Gasteiger charge is -2.39. The number of ether oxygens (including phenoxy) is 2. The highest BCUT2D eigenvalue weighted by molar-refractivity contribution is 5.95. The molecule has 1 amide bonds. The minimum absolute atomic E-state index is 0.0890. The Hall–Kier alpha value is -2.86. The van der Waals surface area contributed by atoms with Crippen molar-refractivity contribution in [2.45, 2.75) is 26.4 Å². The quantitative estimate of drug-likeness (QED) is 0.774. The van der Waals surface area contributed by atoms with Crippen molar-refractivity contribution in [1.29, 1.82) is 0 Å². The maximum Gasteiger partial charge on any atom is 0.313 e. The summed E-state index contributed by atoms with van der Waals surface area (Å²) in [7, 11) is 1.49. The van der Waals surface area contributed by atoms with Crippen LogP contribution in [0.4, 0.5) is 0 Å². The number of nitrogens with zero attached hydrogens (tertiary/aromatic N) is 1. The largest absolute Gasteiger partial charge is 0.489 e. The topological polar surface area (TPSA) is 76.1 Å². The molecule has 0 spiro atoms. The van der Waals surface area contributed by atoms with Gasteiger partial charge < -0.3 is 19.5 Å². The molecule has 1 aliphatic rings. The summed E-state index contributed by atoms with van der Waals surface area (Å²) >= 11 is 0. The fraction of sp³-hybridized carbons (Fsp3) is 0.391. The number of aryl methyl sites for hydroxylation is 1. The van der Waals surface area contributed by atoms with Crippen molar-refractivity contribution >= 4 is 11.9 Å². The first-order valence-electron chi connectivity index (χ1n) is 9.73. The van der Waals surface area contributed by atoms with Gasteiger partial charge in [0.15, 0.2) is 0 Å². The summed E-state index contributed by atoms with van der Waals surface area (Å²) in [5.41, 5.74) is 1.66. The van der Waals surface area contributed by atoms with Crippen LogP contribution < -0.4 is 4.74 Å². The first kappa shape index (κ1) is 20.9. The molecule has 1 N–H and O–H groups in total. The van der Waals surface area contributed by atoms with Gasteiger partial charge in [-0.2, -0.15) is 0 Å². The first-order chi connectivity index (χ1) is 13.9. The highest BCUT2D eigenvalue weighted by Gasteiger charge is 2.44. The van der Waals surface area contributed by atoms with Crippen LogP contribution in [0, 0.1) is 12.3 Å². The number of carbonyl (C=O) groups is 2. The monoisotopic (exact) mass is 397 g/mol. The Morgan fingerprint density at radius 3 is 2.69 bits per heavy atom. The third-order valence-electron chi connectivity index (χ3n) is 5.31. The number of carboxylic acids is 1. The molecule has 1 atom stereocenters. The van der Waals surface area contributed by atoms with Crippen LogP contribution in [0.1, 0.15) is 34.3 Å². The molecule has 0 radical (unpaired) electrons. The molecule has 1 unspecified atom stereocenters. The van der Waals surface area contributed by atoms with Gasteiger partial charge in [-0.05, 0) is 43.5 Å². The van der Waals surface area contributed by atoms with Crippen molar-refractivity contribution < 1.29 is 24.2 Å². The van der Waals surface area contributed by atoms with Crippen LogP contribution in [0.15, 0.2) is 48.5 Å². The van der Waals surface area contributed by atoms with E-state index in [1.54, 1.807) is 23.1 Å². The molecule has 1 saturated heterocycles. The molecule has 1 aliphatic heterocycles. The fourth-order valence-electron chi connectivity index (χ4n) is 3.81. The van der Waals surface area contributed by atoms with E-state index in [2.05, 4.69) is 6.07 Å². The highest BCUT2D eigenvalue weighted by atomic mass is 16.5. The van der Waals surface area contributed by atoms with Crippen molar-refractivity contribution in [2.24, 2.45) is 5.41 Å². The number of amides is 1. The number of hydrogen-bond donors (Lipinski definition) is 1. The van der Waals surface area contributed by atoms with Gasteiger partial charge in [0.25, 0.3) is 5.91 Å². The highest BCUT2D eigenvalue weighted by Crippen LogP contribution is 2.32. The predicted molar refractivity (Wildman–Crippen MR) is 109 cm³/mol. The van der Waals surface area contributed by atoms with Crippen LogP contribution >= 0.6 is 0 Å². The lowest BCUT2D eigenvalue weighted by Crippen LogP contribution is -2.52. The molecule has 154 valence electrons. The van der Waals surface area contributed by atoms with Gasteiger partial charge in [0.1, 0.15) is 17.8 Å². The van der Waals surface area contributed by atoms with E-state index >= 15 is 0 Å². The lowest BCUT2D eigenvalue weighted by molar-refractivity contribution is -0.155. The predicted octanol–water partition coefficient (Wildman–Crippen LogP) is 3.53. The molecule has 0 aromatic heterocycles. The van der Waals surface area contributed by atoms with E-state index in [0.717, 1.165) is 11.1 Å². The van der Waals surface area contributed by atoms with Crippen LogP contribution in [-0.4, -0.2) is 48.7 Å². The van der Waals surface area contributed by atoms with Gasteiger partial charge in [0.2, 0.25) is 0 Å². The molecule has 2 aromatic carbocycles. The van der Waals surface area contributed by atoms with Gasteiger partial charge in [-0.25, -0.2) is 0 Å². The number of carboxylic acid groups (broad SMARTS) is 1. The molecule has 0 aliphatic carbocycles. The van der Waals surface area contributed by atoms with E-state index in [1.165, 1.54) is 7.11 Å². The summed E-state index contributed by atoms with van der Waals surface area (Å²) in [6.07, 6.45) is 1.13. The third-order valence-corrected chi connectivity index (χ3v) is 5.31. The number of likely N-dealkylation sites (tertiary alicyclic amines) is 1.